The van der Waals surface area contributed by atoms with Crippen LogP contribution in [0, 0.1) is 6.92 Å². The van der Waals surface area contributed by atoms with E-state index >= 15 is 0 Å². The first-order valence-corrected chi connectivity index (χ1v) is 10.0. The van der Waals surface area contributed by atoms with E-state index in [9.17, 15) is 13.2 Å². The van der Waals surface area contributed by atoms with Gasteiger partial charge in [-0.2, -0.15) is 0 Å². The van der Waals surface area contributed by atoms with Crippen LogP contribution in [0.4, 0.5) is 11.4 Å². The molecule has 26 heavy (non-hydrogen) atoms. The highest BCUT2D eigenvalue weighted by molar-refractivity contribution is 7.92. The van der Waals surface area contributed by atoms with Crippen LogP contribution in [0.5, 0.6) is 0 Å². The maximum absolute atomic E-state index is 12.7. The molecule has 7 heteroatoms. The van der Waals surface area contributed by atoms with E-state index in [1.54, 1.807) is 38.3 Å². The maximum Gasteiger partial charge on any atom is 0.247 e. The van der Waals surface area contributed by atoms with Crippen LogP contribution in [0.15, 0.2) is 48.5 Å². The molecule has 0 aliphatic rings. The van der Waals surface area contributed by atoms with Crippen LogP contribution in [-0.2, 0) is 26.2 Å². The van der Waals surface area contributed by atoms with Gasteiger partial charge in [-0.15, -0.1) is 0 Å². The molecule has 2 rings (SSSR count). The van der Waals surface area contributed by atoms with E-state index in [2.05, 4.69) is 5.32 Å². The van der Waals surface area contributed by atoms with Gasteiger partial charge in [-0.25, -0.2) is 8.42 Å². The van der Waals surface area contributed by atoms with E-state index in [-0.39, 0.29) is 0 Å². The number of benzene rings is 2. The van der Waals surface area contributed by atoms with Crippen molar-refractivity contribution in [2.45, 2.75) is 26.5 Å². The summed E-state index contributed by atoms with van der Waals surface area (Å²) in [5.41, 5.74) is 2.97. The zero-order valence-electron chi connectivity index (χ0n) is 15.4. The van der Waals surface area contributed by atoms with Gasteiger partial charge in [0, 0.05) is 12.8 Å². The molecule has 0 aromatic heterocycles. The molecule has 0 aliphatic carbocycles. The van der Waals surface area contributed by atoms with Gasteiger partial charge >= 0.3 is 0 Å². The summed E-state index contributed by atoms with van der Waals surface area (Å²) in [6, 6.07) is 13.3. The number of methoxy groups -OCH3 is 1. The number of rotatable bonds is 7. The molecule has 1 N–H and O–H groups in total. The summed E-state index contributed by atoms with van der Waals surface area (Å²) in [4.78, 5) is 12.7. The maximum atomic E-state index is 12.7. The molecule has 1 atom stereocenters. The van der Waals surface area contributed by atoms with Crippen molar-refractivity contribution in [1.82, 2.24) is 0 Å². The van der Waals surface area contributed by atoms with E-state index in [1.807, 2.05) is 31.2 Å². The molecule has 0 aliphatic heterocycles. The molecule has 140 valence electrons. The Morgan fingerprint density at radius 2 is 1.85 bits per heavy atom. The second-order valence-corrected chi connectivity index (χ2v) is 8.05. The quantitative estimate of drug-likeness (QED) is 0.806. The van der Waals surface area contributed by atoms with Gasteiger partial charge in [-0.05, 0) is 43.7 Å². The number of hydrogen-bond donors (Lipinski definition) is 1. The van der Waals surface area contributed by atoms with Crippen molar-refractivity contribution in [3.05, 3.63) is 59.7 Å². The number of hydrogen-bond acceptors (Lipinski definition) is 4. The molecule has 0 bridgehead atoms. The number of amides is 1. The SMILES string of the molecule is COCc1cccc(NC(=O)[C@@H](C)N(c2ccc(C)cc2)S(C)(=O)=O)c1. The second kappa shape index (κ2) is 8.33. The predicted molar refractivity (Wildman–Crippen MR) is 104 cm³/mol. The smallest absolute Gasteiger partial charge is 0.247 e. The van der Waals surface area contributed by atoms with E-state index in [1.165, 1.54) is 0 Å². The summed E-state index contributed by atoms with van der Waals surface area (Å²) in [5, 5.41) is 2.77. The average Bonchev–Trinajstić information content (AvgIpc) is 2.56. The second-order valence-electron chi connectivity index (χ2n) is 6.19. The van der Waals surface area contributed by atoms with Crippen LogP contribution >= 0.6 is 0 Å². The van der Waals surface area contributed by atoms with Crippen molar-refractivity contribution in [2.75, 3.05) is 23.0 Å². The van der Waals surface area contributed by atoms with Gasteiger partial charge in [-0.3, -0.25) is 9.10 Å². The lowest BCUT2D eigenvalue weighted by Crippen LogP contribution is -2.45. The number of ether oxygens (including phenoxy) is 1. The highest BCUT2D eigenvalue weighted by atomic mass is 32.2. The van der Waals surface area contributed by atoms with Gasteiger partial charge in [0.05, 0.1) is 18.6 Å². The highest BCUT2D eigenvalue weighted by Gasteiger charge is 2.29. The molecule has 2 aromatic carbocycles. The van der Waals surface area contributed by atoms with Gasteiger partial charge in [0.15, 0.2) is 0 Å². The molecular formula is C19H24N2O4S. The van der Waals surface area contributed by atoms with Gasteiger partial charge in [0.2, 0.25) is 15.9 Å². The first-order chi connectivity index (χ1) is 12.2. The van der Waals surface area contributed by atoms with E-state index in [0.717, 1.165) is 21.7 Å². The third-order valence-electron chi connectivity index (χ3n) is 3.88. The van der Waals surface area contributed by atoms with E-state index < -0.39 is 22.0 Å². The van der Waals surface area contributed by atoms with Crippen molar-refractivity contribution in [3.63, 3.8) is 0 Å². The zero-order valence-corrected chi connectivity index (χ0v) is 16.2. The molecule has 0 radical (unpaired) electrons. The molecular weight excluding hydrogens is 352 g/mol. The number of nitrogens with one attached hydrogen (secondary N) is 1. The number of nitrogens with zero attached hydrogens (tertiary/aromatic N) is 1. The topological polar surface area (TPSA) is 75.7 Å². The summed E-state index contributed by atoms with van der Waals surface area (Å²) in [6.07, 6.45) is 1.09. The molecule has 0 heterocycles. The molecule has 0 unspecified atom stereocenters. The fourth-order valence-electron chi connectivity index (χ4n) is 2.65. The van der Waals surface area contributed by atoms with E-state index in [4.69, 9.17) is 4.74 Å². The molecule has 0 fully saturated rings. The largest absolute Gasteiger partial charge is 0.380 e. The van der Waals surface area contributed by atoms with Crippen molar-refractivity contribution < 1.29 is 17.9 Å². The van der Waals surface area contributed by atoms with Gasteiger partial charge in [0.1, 0.15) is 6.04 Å². The van der Waals surface area contributed by atoms with Crippen molar-refractivity contribution in [2.24, 2.45) is 0 Å². The molecule has 0 saturated carbocycles. The van der Waals surface area contributed by atoms with Crippen molar-refractivity contribution >= 4 is 27.3 Å². The fraction of sp³-hybridized carbons (Fsp3) is 0.316. The minimum absolute atomic E-state index is 0.412. The van der Waals surface area contributed by atoms with Crippen LogP contribution in [0.2, 0.25) is 0 Å². The average molecular weight is 376 g/mol. The summed E-state index contributed by atoms with van der Waals surface area (Å²) in [7, 11) is -2.04. The minimum atomic E-state index is -3.63. The first kappa shape index (κ1) is 19.9. The Hall–Kier alpha value is -2.38. The Morgan fingerprint density at radius 1 is 1.19 bits per heavy atom. The van der Waals surface area contributed by atoms with Crippen LogP contribution in [0.25, 0.3) is 0 Å². The fourth-order valence-corrected chi connectivity index (χ4v) is 3.83. The molecule has 0 spiro atoms. The number of carbonyl (C=O) groups excluding carboxylic acids is 1. The van der Waals surface area contributed by atoms with Crippen molar-refractivity contribution in [3.8, 4) is 0 Å². The van der Waals surface area contributed by atoms with Crippen LogP contribution in [0.1, 0.15) is 18.1 Å². The first-order valence-electron chi connectivity index (χ1n) is 8.17. The van der Waals surface area contributed by atoms with Crippen LogP contribution in [-0.4, -0.2) is 33.7 Å². The standard InChI is InChI=1S/C19H24N2O4S/c1-14-8-10-18(11-9-14)21(26(4,23)24)15(2)19(22)20-17-7-5-6-16(12-17)13-25-3/h5-12,15H,13H2,1-4H3,(H,20,22)/t15-/m1/s1. The number of anilines is 2. The Labute approximate surface area is 154 Å². The third kappa shape index (κ3) is 5.06. The van der Waals surface area contributed by atoms with Crippen molar-refractivity contribution in [1.29, 1.82) is 0 Å². The number of carbonyl (C=O) groups is 1. The molecule has 6 nitrogen and oxygen atoms in total. The van der Waals surface area contributed by atoms with E-state index in [0.29, 0.717) is 18.0 Å². The van der Waals surface area contributed by atoms with Crippen LogP contribution in [0.3, 0.4) is 0 Å². The Bertz CT molecular complexity index is 863. The molecule has 1 amide bonds. The minimum Gasteiger partial charge on any atom is -0.380 e. The summed E-state index contributed by atoms with van der Waals surface area (Å²) < 4.78 is 30.8. The molecule has 0 saturated heterocycles. The summed E-state index contributed by atoms with van der Waals surface area (Å²) in [6.45, 7) is 3.91. The predicted octanol–water partition coefficient (Wildman–Crippen LogP) is 2.93. The Balaban J connectivity index is 2.25. The van der Waals surface area contributed by atoms with Gasteiger partial charge in [-0.1, -0.05) is 29.8 Å². The third-order valence-corrected chi connectivity index (χ3v) is 5.12. The number of sulfonamides is 1. The monoisotopic (exact) mass is 376 g/mol. The van der Waals surface area contributed by atoms with Gasteiger partial charge in [0.25, 0.3) is 0 Å². The van der Waals surface area contributed by atoms with Gasteiger partial charge < -0.3 is 10.1 Å². The Kier molecular flexibility index (Phi) is 6.39. The zero-order chi connectivity index (χ0) is 19.3. The lowest BCUT2D eigenvalue weighted by Gasteiger charge is -2.28. The lowest BCUT2D eigenvalue weighted by molar-refractivity contribution is -0.116. The Morgan fingerprint density at radius 3 is 2.42 bits per heavy atom. The van der Waals surface area contributed by atoms with Crippen LogP contribution < -0.4 is 9.62 Å². The summed E-state index contributed by atoms with van der Waals surface area (Å²) in [5.74, 6) is -0.412. The lowest BCUT2D eigenvalue weighted by atomic mass is 10.2. The highest BCUT2D eigenvalue weighted by Crippen LogP contribution is 2.22. The normalized spacial score (nSPS) is 12.5. The number of aryl methyl sites for hydroxylation is 1. The summed E-state index contributed by atoms with van der Waals surface area (Å²) >= 11 is 0. The molecule has 2 aromatic rings.